The summed E-state index contributed by atoms with van der Waals surface area (Å²) in [7, 11) is -1.66. The van der Waals surface area contributed by atoms with Crippen LogP contribution in [0, 0.1) is 51.0 Å². The summed E-state index contributed by atoms with van der Waals surface area (Å²) < 4.78 is 2.32. The van der Waals surface area contributed by atoms with Gasteiger partial charge in [0.15, 0.2) is 0 Å². The van der Waals surface area contributed by atoms with Crippen molar-refractivity contribution in [2.45, 2.75) is 54.3 Å². The second-order valence-electron chi connectivity index (χ2n) is 13.1. The zero-order valence-electron chi connectivity index (χ0n) is 27.0. The van der Waals surface area contributed by atoms with Gasteiger partial charge in [-0.1, -0.05) is 65.9 Å². The first kappa shape index (κ1) is 29.4. The SMILES string of the molecule is CC#Cc1c2cc3nc(-c4cc(C)cc(C)c4)sc3cc2c(C#C[Si](C)(C)C)c2cc3nc(-c4cc(C)cc(C)c4)sc3cc12. The fourth-order valence-electron chi connectivity index (χ4n) is 6.15. The predicted molar refractivity (Wildman–Crippen MR) is 200 cm³/mol. The number of benzene rings is 5. The van der Waals surface area contributed by atoms with E-state index in [0.717, 1.165) is 63.1 Å². The molecule has 2 aromatic heterocycles. The molecule has 0 aliphatic carbocycles. The molecule has 0 saturated heterocycles. The van der Waals surface area contributed by atoms with E-state index in [2.05, 4.69) is 131 Å². The maximum absolute atomic E-state index is 5.16. The van der Waals surface area contributed by atoms with E-state index in [1.807, 2.05) is 6.92 Å². The van der Waals surface area contributed by atoms with Crippen LogP contribution in [0.3, 0.4) is 0 Å². The molecule has 7 aromatic rings. The Morgan fingerprint density at radius 3 is 1.33 bits per heavy atom. The van der Waals surface area contributed by atoms with Gasteiger partial charge in [0.05, 0.1) is 20.4 Å². The van der Waals surface area contributed by atoms with Crippen molar-refractivity contribution < 1.29 is 0 Å². The molecule has 0 saturated carbocycles. The van der Waals surface area contributed by atoms with Crippen LogP contribution in [-0.4, -0.2) is 18.0 Å². The molecule has 2 heterocycles. The van der Waals surface area contributed by atoms with Gasteiger partial charge < -0.3 is 0 Å². The van der Waals surface area contributed by atoms with E-state index in [1.165, 1.54) is 33.4 Å². The Morgan fingerprint density at radius 2 is 0.933 bits per heavy atom. The van der Waals surface area contributed by atoms with Crippen LogP contribution >= 0.6 is 22.7 Å². The fourth-order valence-corrected chi connectivity index (χ4v) is 8.60. The molecule has 0 atom stereocenters. The minimum Gasteiger partial charge on any atom is -0.236 e. The van der Waals surface area contributed by atoms with Crippen molar-refractivity contribution in [2.24, 2.45) is 0 Å². The van der Waals surface area contributed by atoms with Gasteiger partial charge in [0.1, 0.15) is 18.1 Å². The second kappa shape index (κ2) is 11.0. The standard InChI is InChI=1S/C40H34N2S2Si/c1-9-10-29-31-19-35-38(44-39(41-35)27-15-23(2)13-24(3)16-27)22-34(31)30(11-12-45(6,7)8)32-20-36-37(21-33(29)32)43-40(42-36)28-17-25(4)14-26(5)18-28/h13-22H,1-8H3. The third-order valence-electron chi connectivity index (χ3n) is 7.88. The molecular formula is C40H34N2S2Si. The first-order valence-electron chi connectivity index (χ1n) is 15.2. The number of fused-ring (bicyclic) bond motifs is 4. The highest BCUT2D eigenvalue weighted by Gasteiger charge is 2.19. The number of rotatable bonds is 2. The van der Waals surface area contributed by atoms with Crippen molar-refractivity contribution in [1.29, 1.82) is 0 Å². The summed E-state index contributed by atoms with van der Waals surface area (Å²) in [5.74, 6) is 10.4. The van der Waals surface area contributed by atoms with Gasteiger partial charge >= 0.3 is 0 Å². The first-order valence-corrected chi connectivity index (χ1v) is 20.4. The van der Waals surface area contributed by atoms with Crippen molar-refractivity contribution in [1.82, 2.24) is 9.97 Å². The third kappa shape index (κ3) is 5.58. The summed E-state index contributed by atoms with van der Waals surface area (Å²) in [6, 6.07) is 22.4. The Balaban J connectivity index is 1.56. The lowest BCUT2D eigenvalue weighted by Crippen LogP contribution is -2.16. The highest BCUT2D eigenvalue weighted by molar-refractivity contribution is 7.22. The Morgan fingerprint density at radius 1 is 0.533 bits per heavy atom. The van der Waals surface area contributed by atoms with Crippen molar-refractivity contribution in [2.75, 3.05) is 0 Å². The van der Waals surface area contributed by atoms with E-state index >= 15 is 0 Å². The molecule has 0 fully saturated rings. The predicted octanol–water partition coefficient (Wildman–Crippen LogP) is 11.4. The van der Waals surface area contributed by atoms with Crippen LogP contribution in [0.5, 0.6) is 0 Å². The zero-order chi connectivity index (χ0) is 31.6. The largest absolute Gasteiger partial charge is 0.236 e. The van der Waals surface area contributed by atoms with Crippen LogP contribution in [0.25, 0.3) is 63.1 Å². The van der Waals surface area contributed by atoms with E-state index < -0.39 is 8.07 Å². The summed E-state index contributed by atoms with van der Waals surface area (Å²) in [5.41, 5.74) is 15.1. The van der Waals surface area contributed by atoms with Gasteiger partial charge in [0.25, 0.3) is 0 Å². The van der Waals surface area contributed by atoms with Gasteiger partial charge in [0, 0.05) is 43.8 Å². The molecule has 5 heteroatoms. The molecule has 0 radical (unpaired) electrons. The lowest BCUT2D eigenvalue weighted by atomic mass is 9.91. The summed E-state index contributed by atoms with van der Waals surface area (Å²) in [6.45, 7) is 17.4. The fraction of sp³-hybridized carbons (Fsp3) is 0.200. The Labute approximate surface area is 274 Å². The number of aromatic nitrogens is 2. The highest BCUT2D eigenvalue weighted by atomic mass is 32.1. The maximum Gasteiger partial charge on any atom is 0.129 e. The Kier molecular flexibility index (Phi) is 7.18. The summed E-state index contributed by atoms with van der Waals surface area (Å²) in [5, 5.41) is 6.58. The lowest BCUT2D eigenvalue weighted by Gasteiger charge is -2.12. The number of hydrogen-bond donors (Lipinski definition) is 0. The third-order valence-corrected chi connectivity index (χ3v) is 10.9. The summed E-state index contributed by atoms with van der Waals surface area (Å²) >= 11 is 3.49. The maximum atomic E-state index is 5.16. The minimum atomic E-state index is -1.66. The molecule has 2 nitrogen and oxygen atoms in total. The van der Waals surface area contributed by atoms with E-state index in [9.17, 15) is 0 Å². The zero-order valence-corrected chi connectivity index (χ0v) is 29.6. The molecule has 0 bridgehead atoms. The molecule has 45 heavy (non-hydrogen) atoms. The van der Waals surface area contributed by atoms with Crippen LogP contribution < -0.4 is 0 Å². The molecule has 0 unspecified atom stereocenters. The summed E-state index contributed by atoms with van der Waals surface area (Å²) in [4.78, 5) is 10.3. The van der Waals surface area contributed by atoms with Gasteiger partial charge in [0.2, 0.25) is 0 Å². The Bertz CT molecular complexity index is 2300. The van der Waals surface area contributed by atoms with Gasteiger partial charge in [-0.15, -0.1) is 34.1 Å². The molecule has 220 valence electrons. The van der Waals surface area contributed by atoms with Crippen molar-refractivity contribution in [3.8, 4) is 44.4 Å². The van der Waals surface area contributed by atoms with Gasteiger partial charge in [-0.3, -0.25) is 0 Å². The minimum absolute atomic E-state index is 1.00. The molecule has 0 aliphatic rings. The molecule has 0 spiro atoms. The van der Waals surface area contributed by atoms with Crippen LogP contribution in [0.2, 0.25) is 19.6 Å². The lowest BCUT2D eigenvalue weighted by molar-refractivity contribution is 1.37. The number of aryl methyl sites for hydroxylation is 4. The number of nitrogens with zero attached hydrogens (tertiary/aromatic N) is 2. The molecule has 0 aliphatic heterocycles. The van der Waals surface area contributed by atoms with Crippen molar-refractivity contribution in [3.05, 3.63) is 94.0 Å². The number of thiazole rings is 2. The smallest absolute Gasteiger partial charge is 0.129 e. The van der Waals surface area contributed by atoms with Crippen molar-refractivity contribution in [3.63, 3.8) is 0 Å². The monoisotopic (exact) mass is 634 g/mol. The van der Waals surface area contributed by atoms with Gasteiger partial charge in [-0.25, -0.2) is 9.97 Å². The second-order valence-corrected chi connectivity index (χ2v) is 20.0. The molecule has 0 N–H and O–H groups in total. The van der Waals surface area contributed by atoms with E-state index in [0.29, 0.717) is 0 Å². The molecular weight excluding hydrogens is 601 g/mol. The first-order chi connectivity index (χ1) is 21.5. The van der Waals surface area contributed by atoms with E-state index in [-0.39, 0.29) is 0 Å². The van der Waals surface area contributed by atoms with E-state index in [4.69, 9.17) is 9.97 Å². The Hall–Kier alpha value is -4.26. The topological polar surface area (TPSA) is 25.8 Å². The highest BCUT2D eigenvalue weighted by Crippen LogP contribution is 2.41. The van der Waals surface area contributed by atoms with Gasteiger partial charge in [-0.2, -0.15) is 0 Å². The molecule has 7 rings (SSSR count). The van der Waals surface area contributed by atoms with Crippen LogP contribution in [0.4, 0.5) is 0 Å². The van der Waals surface area contributed by atoms with Crippen molar-refractivity contribution >= 4 is 72.7 Å². The number of hydrogen-bond acceptors (Lipinski definition) is 4. The molecule has 0 amide bonds. The normalized spacial score (nSPS) is 11.6. The molecule has 5 aromatic carbocycles. The van der Waals surface area contributed by atoms with Crippen LogP contribution in [0.15, 0.2) is 60.7 Å². The summed E-state index contributed by atoms with van der Waals surface area (Å²) in [6.07, 6.45) is 0. The van der Waals surface area contributed by atoms with Gasteiger partial charge in [-0.05, 0) is 83.1 Å². The average Bonchev–Trinajstić information content (AvgIpc) is 3.57. The van der Waals surface area contributed by atoms with Crippen LogP contribution in [-0.2, 0) is 0 Å². The average molecular weight is 635 g/mol. The van der Waals surface area contributed by atoms with Crippen LogP contribution in [0.1, 0.15) is 40.3 Å². The van der Waals surface area contributed by atoms with E-state index in [1.54, 1.807) is 22.7 Å². The quantitative estimate of drug-likeness (QED) is 0.107.